The summed E-state index contributed by atoms with van der Waals surface area (Å²) in [6.45, 7) is 3.03. The topological polar surface area (TPSA) is 86.0 Å². The Kier molecular flexibility index (Phi) is 5.74. The van der Waals surface area contributed by atoms with Crippen molar-refractivity contribution in [1.82, 2.24) is 24.8 Å². The van der Waals surface area contributed by atoms with E-state index in [-0.39, 0.29) is 12.4 Å². The van der Waals surface area contributed by atoms with Crippen LogP contribution in [-0.4, -0.2) is 37.9 Å². The van der Waals surface area contributed by atoms with Gasteiger partial charge in [0.05, 0.1) is 29.8 Å². The number of likely N-dealkylation sites (tertiary alicyclic amines) is 1. The molecule has 0 aliphatic carbocycles. The van der Waals surface area contributed by atoms with Crippen LogP contribution in [0.4, 0.5) is 0 Å². The van der Waals surface area contributed by atoms with E-state index in [1.807, 2.05) is 17.1 Å². The van der Waals surface area contributed by atoms with E-state index in [1.165, 1.54) is 0 Å². The highest BCUT2D eigenvalue weighted by Gasteiger charge is 2.22. The molecule has 1 saturated heterocycles. The number of halogens is 2. The Bertz CT molecular complexity index is 566. The molecule has 0 atom stereocenters. The van der Waals surface area contributed by atoms with Gasteiger partial charge in [0, 0.05) is 19.3 Å². The molecule has 0 unspecified atom stereocenters. The predicted molar refractivity (Wildman–Crippen MR) is 82.9 cm³/mol. The third-order valence-electron chi connectivity index (χ3n) is 3.55. The fourth-order valence-corrected chi connectivity index (χ4v) is 2.80. The van der Waals surface area contributed by atoms with Crippen LogP contribution in [0.2, 0.25) is 0 Å². The van der Waals surface area contributed by atoms with Crippen LogP contribution in [-0.2, 0) is 13.1 Å². The van der Waals surface area contributed by atoms with E-state index in [1.54, 1.807) is 0 Å². The zero-order chi connectivity index (χ0) is 13.9. The fourth-order valence-electron chi connectivity index (χ4n) is 2.49. The molecule has 0 radical (unpaired) electrons. The minimum absolute atomic E-state index is 0. The van der Waals surface area contributed by atoms with Crippen molar-refractivity contribution in [3.63, 3.8) is 0 Å². The van der Waals surface area contributed by atoms with Crippen LogP contribution in [0.25, 0.3) is 0 Å². The van der Waals surface area contributed by atoms with Crippen molar-refractivity contribution in [1.29, 1.82) is 0 Å². The van der Waals surface area contributed by atoms with Gasteiger partial charge in [-0.05, 0) is 28.8 Å². The third kappa shape index (κ3) is 4.03. The van der Waals surface area contributed by atoms with Crippen molar-refractivity contribution < 1.29 is 4.52 Å². The summed E-state index contributed by atoms with van der Waals surface area (Å²) >= 11 is 3.43. The summed E-state index contributed by atoms with van der Waals surface area (Å²) in [6, 6.07) is 0.474. The number of hydrogen-bond acceptors (Lipinski definition) is 6. The number of rotatable bonds is 4. The maximum Gasteiger partial charge on any atom is 0.240 e. The van der Waals surface area contributed by atoms with E-state index in [2.05, 4.69) is 36.1 Å². The molecule has 3 rings (SSSR count). The summed E-state index contributed by atoms with van der Waals surface area (Å²) in [5, 5.41) is 8.29. The van der Waals surface area contributed by atoms with Crippen LogP contribution in [0, 0.1) is 0 Å². The Morgan fingerprint density at radius 3 is 2.71 bits per heavy atom. The lowest BCUT2D eigenvalue weighted by atomic mass is 10.1. The molecular weight excluding hydrogens is 360 g/mol. The molecule has 0 bridgehead atoms. The van der Waals surface area contributed by atoms with Gasteiger partial charge in [0.2, 0.25) is 5.89 Å². The summed E-state index contributed by atoms with van der Waals surface area (Å²) < 4.78 is 8.09. The van der Waals surface area contributed by atoms with Crippen molar-refractivity contribution >= 4 is 28.3 Å². The first-order chi connectivity index (χ1) is 9.74. The van der Waals surface area contributed by atoms with Gasteiger partial charge in [-0.2, -0.15) is 10.1 Å². The average Bonchev–Trinajstić information content (AvgIpc) is 3.09. The van der Waals surface area contributed by atoms with Crippen molar-refractivity contribution in [3.8, 4) is 0 Å². The summed E-state index contributed by atoms with van der Waals surface area (Å²) in [6.07, 6.45) is 6.03. The summed E-state index contributed by atoms with van der Waals surface area (Å²) in [5.74, 6) is 1.21. The van der Waals surface area contributed by atoms with Gasteiger partial charge >= 0.3 is 0 Å². The molecule has 2 N–H and O–H groups in total. The van der Waals surface area contributed by atoms with Crippen LogP contribution in [0.1, 0.15) is 30.6 Å². The predicted octanol–water partition coefficient (Wildman–Crippen LogP) is 1.75. The second-order valence-electron chi connectivity index (χ2n) is 4.95. The zero-order valence-corrected chi connectivity index (χ0v) is 13.9. The number of piperidine rings is 1. The Morgan fingerprint density at radius 1 is 1.38 bits per heavy atom. The molecule has 116 valence electrons. The van der Waals surface area contributed by atoms with Crippen molar-refractivity contribution in [2.75, 3.05) is 13.1 Å². The molecule has 21 heavy (non-hydrogen) atoms. The molecule has 0 aromatic carbocycles. The maximum atomic E-state index is 5.46. The molecule has 9 heteroatoms. The van der Waals surface area contributed by atoms with Crippen molar-refractivity contribution in [2.24, 2.45) is 5.73 Å². The maximum absolute atomic E-state index is 5.46. The lowest BCUT2D eigenvalue weighted by molar-refractivity contribution is 0.168. The first-order valence-electron chi connectivity index (χ1n) is 6.68. The minimum Gasteiger partial charge on any atom is -0.338 e. The van der Waals surface area contributed by atoms with E-state index >= 15 is 0 Å². The normalized spacial score (nSPS) is 16.9. The van der Waals surface area contributed by atoms with Gasteiger partial charge in [-0.15, -0.1) is 12.4 Å². The molecule has 1 aliphatic rings. The lowest BCUT2D eigenvalue weighted by Crippen LogP contribution is -2.34. The Labute approximate surface area is 137 Å². The highest BCUT2D eigenvalue weighted by molar-refractivity contribution is 9.10. The summed E-state index contributed by atoms with van der Waals surface area (Å²) in [7, 11) is 0. The smallest absolute Gasteiger partial charge is 0.240 e. The number of hydrogen-bond donors (Lipinski definition) is 1. The van der Waals surface area contributed by atoms with Crippen molar-refractivity contribution in [2.45, 2.75) is 32.0 Å². The summed E-state index contributed by atoms with van der Waals surface area (Å²) in [5.41, 5.74) is 5.46. The highest BCUT2D eigenvalue weighted by atomic mass is 79.9. The van der Waals surface area contributed by atoms with Crippen LogP contribution in [0.15, 0.2) is 21.4 Å². The van der Waals surface area contributed by atoms with Gasteiger partial charge in [-0.25, -0.2) is 0 Å². The average molecular weight is 378 g/mol. The molecule has 0 spiro atoms. The van der Waals surface area contributed by atoms with E-state index in [4.69, 9.17) is 10.3 Å². The minimum atomic E-state index is 0. The highest BCUT2D eigenvalue weighted by Crippen LogP contribution is 2.23. The van der Waals surface area contributed by atoms with Gasteiger partial charge in [-0.3, -0.25) is 9.58 Å². The van der Waals surface area contributed by atoms with Crippen LogP contribution < -0.4 is 5.73 Å². The molecule has 2 aromatic rings. The van der Waals surface area contributed by atoms with Gasteiger partial charge in [0.1, 0.15) is 0 Å². The van der Waals surface area contributed by atoms with Gasteiger partial charge < -0.3 is 10.3 Å². The van der Waals surface area contributed by atoms with Crippen LogP contribution in [0.5, 0.6) is 0 Å². The first kappa shape index (κ1) is 16.4. The number of aromatic nitrogens is 4. The van der Waals surface area contributed by atoms with Gasteiger partial charge in [0.25, 0.3) is 0 Å². The Morgan fingerprint density at radius 2 is 2.14 bits per heavy atom. The molecule has 1 aliphatic heterocycles. The Hall–Kier alpha value is -0.960. The van der Waals surface area contributed by atoms with E-state index < -0.39 is 0 Å². The van der Waals surface area contributed by atoms with E-state index in [9.17, 15) is 0 Å². The fraction of sp³-hybridized carbons (Fsp3) is 0.583. The molecule has 0 amide bonds. The third-order valence-corrected chi connectivity index (χ3v) is 3.96. The molecule has 7 nitrogen and oxygen atoms in total. The number of nitrogens with zero attached hydrogens (tertiary/aromatic N) is 5. The Balaban J connectivity index is 0.00000161. The van der Waals surface area contributed by atoms with Gasteiger partial charge in [0.15, 0.2) is 5.82 Å². The zero-order valence-electron chi connectivity index (χ0n) is 11.5. The molecule has 0 saturated carbocycles. The number of nitrogens with two attached hydrogens (primary N) is 1. The second-order valence-corrected chi connectivity index (χ2v) is 5.87. The first-order valence-corrected chi connectivity index (χ1v) is 7.47. The molecule has 3 heterocycles. The monoisotopic (exact) mass is 376 g/mol. The lowest BCUT2D eigenvalue weighted by Gasteiger charge is -2.31. The summed E-state index contributed by atoms with van der Waals surface area (Å²) in [4.78, 5) is 6.57. The largest absolute Gasteiger partial charge is 0.338 e. The van der Waals surface area contributed by atoms with E-state index in [0.717, 1.165) is 36.9 Å². The SMILES string of the molecule is Cl.NCc1nc(CN2CCC(n3cc(Br)cn3)CC2)no1. The quantitative estimate of drug-likeness (QED) is 0.873. The van der Waals surface area contributed by atoms with Gasteiger partial charge in [-0.1, -0.05) is 5.16 Å². The molecular formula is C12H18BrClN6O. The van der Waals surface area contributed by atoms with Crippen LogP contribution in [0.3, 0.4) is 0 Å². The second kappa shape index (κ2) is 7.35. The molecule has 1 fully saturated rings. The van der Waals surface area contributed by atoms with Crippen molar-refractivity contribution in [3.05, 3.63) is 28.6 Å². The van der Waals surface area contributed by atoms with E-state index in [0.29, 0.717) is 24.3 Å². The molecule has 2 aromatic heterocycles. The standard InChI is InChI=1S/C12H17BrN6O.ClH/c13-9-6-15-19(7-9)10-1-3-18(4-2-10)8-11-16-12(5-14)20-17-11;/h6-7,10H,1-5,8,14H2;1H. The van der Waals surface area contributed by atoms with Crippen LogP contribution >= 0.6 is 28.3 Å².